The molecule has 0 radical (unpaired) electrons. The van der Waals surface area contributed by atoms with E-state index < -0.39 is 10.0 Å². The van der Waals surface area contributed by atoms with E-state index in [1.54, 1.807) is 24.3 Å². The molecular formula is C23H22N2O4S. The van der Waals surface area contributed by atoms with Gasteiger partial charge in [0.1, 0.15) is 0 Å². The Balaban J connectivity index is 2.02. The SMILES string of the molecule is COc1ccc(S(=O)(=O)N(Cc2ccccc2)Cc2cccc(C#N)c2)cc1OC. The molecule has 0 aliphatic rings. The molecule has 3 rings (SSSR count). The van der Waals surface area contributed by atoms with Crippen LogP contribution in [0, 0.1) is 11.3 Å². The highest BCUT2D eigenvalue weighted by Crippen LogP contribution is 2.31. The summed E-state index contributed by atoms with van der Waals surface area (Å²) in [7, 11) is -0.902. The highest BCUT2D eigenvalue weighted by atomic mass is 32.2. The quantitative estimate of drug-likeness (QED) is 0.549. The summed E-state index contributed by atoms with van der Waals surface area (Å²) in [5, 5.41) is 9.17. The molecule has 7 heteroatoms. The zero-order valence-corrected chi connectivity index (χ0v) is 17.6. The molecule has 0 fully saturated rings. The van der Waals surface area contributed by atoms with E-state index in [9.17, 15) is 8.42 Å². The van der Waals surface area contributed by atoms with Crippen molar-refractivity contribution in [2.45, 2.75) is 18.0 Å². The van der Waals surface area contributed by atoms with Crippen LogP contribution in [0.4, 0.5) is 0 Å². The lowest BCUT2D eigenvalue weighted by Gasteiger charge is -2.23. The maximum atomic E-state index is 13.5. The highest BCUT2D eigenvalue weighted by molar-refractivity contribution is 7.89. The molecule has 0 spiro atoms. The first kappa shape index (κ1) is 21.4. The Labute approximate surface area is 177 Å². The smallest absolute Gasteiger partial charge is 0.243 e. The van der Waals surface area contributed by atoms with Gasteiger partial charge in [0.2, 0.25) is 10.0 Å². The van der Waals surface area contributed by atoms with Gasteiger partial charge >= 0.3 is 0 Å². The molecule has 0 amide bonds. The topological polar surface area (TPSA) is 79.6 Å². The van der Waals surface area contributed by atoms with Crippen LogP contribution in [0.25, 0.3) is 0 Å². The van der Waals surface area contributed by atoms with Crippen LogP contribution in [0.3, 0.4) is 0 Å². The van der Waals surface area contributed by atoms with E-state index in [-0.39, 0.29) is 18.0 Å². The maximum Gasteiger partial charge on any atom is 0.243 e. The Morgan fingerprint density at radius 2 is 1.50 bits per heavy atom. The molecule has 0 aromatic heterocycles. The average molecular weight is 423 g/mol. The van der Waals surface area contributed by atoms with Gasteiger partial charge in [-0.1, -0.05) is 42.5 Å². The lowest BCUT2D eigenvalue weighted by molar-refractivity contribution is 0.353. The highest BCUT2D eigenvalue weighted by Gasteiger charge is 2.26. The fraction of sp³-hybridized carbons (Fsp3) is 0.174. The first-order valence-corrected chi connectivity index (χ1v) is 10.7. The van der Waals surface area contributed by atoms with E-state index >= 15 is 0 Å². The summed E-state index contributed by atoms with van der Waals surface area (Å²) in [6.45, 7) is 0.315. The molecule has 0 aliphatic carbocycles. The van der Waals surface area contributed by atoms with E-state index in [1.807, 2.05) is 36.4 Å². The van der Waals surface area contributed by atoms with Crippen LogP contribution in [-0.2, 0) is 23.1 Å². The molecule has 0 saturated carbocycles. The predicted molar refractivity (Wildman–Crippen MR) is 114 cm³/mol. The van der Waals surface area contributed by atoms with Crippen LogP contribution >= 0.6 is 0 Å². The van der Waals surface area contributed by atoms with Gasteiger partial charge in [-0.2, -0.15) is 9.57 Å². The lowest BCUT2D eigenvalue weighted by atomic mass is 10.1. The molecule has 6 nitrogen and oxygen atoms in total. The van der Waals surface area contributed by atoms with Crippen molar-refractivity contribution in [2.24, 2.45) is 0 Å². The zero-order chi connectivity index (χ0) is 21.6. The van der Waals surface area contributed by atoms with Crippen molar-refractivity contribution in [3.8, 4) is 17.6 Å². The van der Waals surface area contributed by atoms with Gasteiger partial charge in [-0.15, -0.1) is 0 Å². The Morgan fingerprint density at radius 3 is 2.17 bits per heavy atom. The van der Waals surface area contributed by atoms with Crippen molar-refractivity contribution < 1.29 is 17.9 Å². The van der Waals surface area contributed by atoms with Crippen LogP contribution < -0.4 is 9.47 Å². The zero-order valence-electron chi connectivity index (χ0n) is 16.8. The number of nitriles is 1. The molecule has 0 saturated heterocycles. The third kappa shape index (κ3) is 4.79. The second kappa shape index (κ2) is 9.44. The van der Waals surface area contributed by atoms with Gasteiger partial charge in [0.05, 0.1) is 30.7 Å². The number of ether oxygens (including phenoxy) is 2. The van der Waals surface area contributed by atoms with E-state index in [0.717, 1.165) is 11.1 Å². The molecule has 0 heterocycles. The largest absolute Gasteiger partial charge is 0.493 e. The molecule has 3 aromatic rings. The molecule has 30 heavy (non-hydrogen) atoms. The number of nitrogens with zero attached hydrogens (tertiary/aromatic N) is 2. The van der Waals surface area contributed by atoms with Gasteiger partial charge in [0.25, 0.3) is 0 Å². The molecule has 3 aromatic carbocycles. The maximum absolute atomic E-state index is 13.5. The van der Waals surface area contributed by atoms with Crippen LogP contribution in [0.2, 0.25) is 0 Å². The first-order chi connectivity index (χ1) is 14.5. The van der Waals surface area contributed by atoms with Gasteiger partial charge in [-0.25, -0.2) is 8.42 Å². The summed E-state index contributed by atoms with van der Waals surface area (Å²) in [6, 6.07) is 22.9. The second-order valence-corrected chi connectivity index (χ2v) is 8.53. The van der Waals surface area contributed by atoms with Crippen molar-refractivity contribution in [3.63, 3.8) is 0 Å². The third-order valence-electron chi connectivity index (χ3n) is 4.61. The second-order valence-electron chi connectivity index (χ2n) is 6.59. The number of benzene rings is 3. The van der Waals surface area contributed by atoms with Gasteiger partial charge in [0, 0.05) is 19.2 Å². The van der Waals surface area contributed by atoms with Crippen LogP contribution in [0.5, 0.6) is 11.5 Å². The summed E-state index contributed by atoms with van der Waals surface area (Å²) in [5.74, 6) is 0.789. The minimum Gasteiger partial charge on any atom is -0.493 e. The van der Waals surface area contributed by atoms with Gasteiger partial charge in [-0.3, -0.25) is 0 Å². The molecular weight excluding hydrogens is 400 g/mol. The lowest BCUT2D eigenvalue weighted by Crippen LogP contribution is -2.30. The van der Waals surface area contributed by atoms with Crippen molar-refractivity contribution >= 4 is 10.0 Å². The molecule has 0 aliphatic heterocycles. The van der Waals surface area contributed by atoms with Crippen LogP contribution in [0.1, 0.15) is 16.7 Å². The normalized spacial score (nSPS) is 11.1. The molecule has 154 valence electrons. The molecule has 0 unspecified atom stereocenters. The number of methoxy groups -OCH3 is 2. The fourth-order valence-corrected chi connectivity index (χ4v) is 4.51. The van der Waals surface area contributed by atoms with Crippen molar-refractivity contribution in [3.05, 3.63) is 89.5 Å². The van der Waals surface area contributed by atoms with Crippen molar-refractivity contribution in [2.75, 3.05) is 14.2 Å². The molecule has 0 atom stereocenters. The Morgan fingerprint density at radius 1 is 0.833 bits per heavy atom. The van der Waals surface area contributed by atoms with Gasteiger partial charge in [0.15, 0.2) is 11.5 Å². The molecule has 0 bridgehead atoms. The first-order valence-electron chi connectivity index (χ1n) is 9.23. The number of sulfonamides is 1. The van der Waals surface area contributed by atoms with E-state index in [4.69, 9.17) is 14.7 Å². The summed E-state index contributed by atoms with van der Waals surface area (Å²) >= 11 is 0. The minimum atomic E-state index is -3.86. The Hall–Kier alpha value is -3.34. The van der Waals surface area contributed by atoms with Crippen LogP contribution in [0.15, 0.2) is 77.7 Å². The molecule has 0 N–H and O–H groups in total. The standard InChI is InChI=1S/C23H22N2O4S/c1-28-22-12-11-21(14-23(22)29-2)30(26,27)25(16-18-7-4-3-5-8-18)17-20-10-6-9-19(13-20)15-24/h3-14H,16-17H2,1-2H3. The average Bonchev–Trinajstić information content (AvgIpc) is 2.79. The summed E-state index contributed by atoms with van der Waals surface area (Å²) in [4.78, 5) is 0.104. The number of hydrogen-bond donors (Lipinski definition) is 0. The summed E-state index contributed by atoms with van der Waals surface area (Å²) in [5.41, 5.74) is 2.07. The van der Waals surface area contributed by atoms with Crippen molar-refractivity contribution in [1.82, 2.24) is 4.31 Å². The van der Waals surface area contributed by atoms with Crippen LogP contribution in [-0.4, -0.2) is 26.9 Å². The van der Waals surface area contributed by atoms with E-state index in [0.29, 0.717) is 17.1 Å². The Kier molecular flexibility index (Phi) is 6.72. The monoisotopic (exact) mass is 422 g/mol. The summed E-state index contributed by atoms with van der Waals surface area (Å²) in [6.07, 6.45) is 0. The predicted octanol–water partition coefficient (Wildman–Crippen LogP) is 3.97. The fourth-order valence-electron chi connectivity index (χ4n) is 3.08. The number of rotatable bonds is 8. The van der Waals surface area contributed by atoms with E-state index in [1.165, 1.54) is 30.7 Å². The van der Waals surface area contributed by atoms with Crippen molar-refractivity contribution in [1.29, 1.82) is 5.26 Å². The minimum absolute atomic E-state index is 0.104. The summed E-state index contributed by atoms with van der Waals surface area (Å²) < 4.78 is 38.9. The van der Waals surface area contributed by atoms with Gasteiger partial charge < -0.3 is 9.47 Å². The third-order valence-corrected chi connectivity index (χ3v) is 6.40. The van der Waals surface area contributed by atoms with Gasteiger partial charge in [-0.05, 0) is 35.4 Å². The van der Waals surface area contributed by atoms with E-state index in [2.05, 4.69) is 6.07 Å². The number of hydrogen-bond acceptors (Lipinski definition) is 5. The Bertz CT molecular complexity index is 1160.